The molecule has 0 aliphatic carbocycles. The molecule has 9 heteroatoms. The van der Waals surface area contributed by atoms with Gasteiger partial charge in [0.1, 0.15) is 22.9 Å². The molecule has 2 rings (SSSR count). The Kier molecular flexibility index (Phi) is 3.46. The summed E-state index contributed by atoms with van der Waals surface area (Å²) in [5, 5.41) is 0. The first-order valence-corrected chi connectivity index (χ1v) is 6.02. The molecule has 1 aromatic heterocycles. The third-order valence-electron chi connectivity index (χ3n) is 3.24. The van der Waals surface area contributed by atoms with E-state index in [4.69, 9.17) is 11.5 Å². The molecular weight excluding hydrogens is 292 g/mol. The zero-order valence-electron chi connectivity index (χ0n) is 11.3. The summed E-state index contributed by atoms with van der Waals surface area (Å²) in [5.74, 6) is -4.57. The van der Waals surface area contributed by atoms with Crippen LogP contribution in [-0.4, -0.2) is 29.2 Å². The number of halogens is 4. The maximum Gasteiger partial charge on any atom is 0.284 e. The lowest BCUT2D eigenvalue weighted by atomic mass is 9.85. The van der Waals surface area contributed by atoms with Crippen LogP contribution in [0.25, 0.3) is 0 Å². The number of alkyl halides is 3. The lowest BCUT2D eigenvalue weighted by Crippen LogP contribution is -2.56. The van der Waals surface area contributed by atoms with Gasteiger partial charge in [0.05, 0.1) is 0 Å². The molecule has 0 fully saturated rings. The quantitative estimate of drug-likeness (QED) is 0.815. The molecule has 0 amide bonds. The van der Waals surface area contributed by atoms with Crippen LogP contribution in [-0.2, 0) is 10.3 Å². The lowest BCUT2D eigenvalue weighted by molar-refractivity contribution is -0.138. The molecule has 0 saturated carbocycles. The van der Waals surface area contributed by atoms with E-state index < -0.39 is 41.3 Å². The monoisotopic (exact) mass is 306 g/mol. The molecule has 5 nitrogen and oxygen atoms in total. The summed E-state index contributed by atoms with van der Waals surface area (Å²) in [4.78, 5) is 7.31. The summed E-state index contributed by atoms with van der Waals surface area (Å²) in [6, 6.07) is 1.45. The van der Waals surface area contributed by atoms with E-state index >= 15 is 0 Å². The van der Waals surface area contributed by atoms with Gasteiger partial charge in [-0.25, -0.2) is 27.5 Å². The van der Waals surface area contributed by atoms with Crippen molar-refractivity contribution in [3.8, 4) is 0 Å². The Morgan fingerprint density at radius 2 is 1.95 bits per heavy atom. The highest BCUT2D eigenvalue weighted by Gasteiger charge is 2.56. The van der Waals surface area contributed by atoms with Crippen LogP contribution >= 0.6 is 0 Å². The number of nitrogens with two attached hydrogens (primary N) is 2. The van der Waals surface area contributed by atoms with Crippen LogP contribution in [0, 0.1) is 5.82 Å². The van der Waals surface area contributed by atoms with Crippen molar-refractivity contribution in [2.45, 2.75) is 37.6 Å². The summed E-state index contributed by atoms with van der Waals surface area (Å²) in [6.45, 7) is 1.59. The van der Waals surface area contributed by atoms with E-state index in [9.17, 15) is 17.6 Å². The van der Waals surface area contributed by atoms with Gasteiger partial charge in [0.25, 0.3) is 11.9 Å². The van der Waals surface area contributed by atoms with Crippen molar-refractivity contribution in [2.75, 3.05) is 5.73 Å². The second-order valence-electron chi connectivity index (χ2n) is 5.06. The number of aromatic nitrogens is 1. The van der Waals surface area contributed by atoms with Crippen LogP contribution < -0.4 is 11.5 Å². The van der Waals surface area contributed by atoms with Crippen LogP contribution in [0.5, 0.6) is 0 Å². The highest BCUT2D eigenvalue weighted by atomic mass is 19.3. The lowest BCUT2D eigenvalue weighted by Gasteiger charge is -2.39. The molecule has 1 aromatic rings. The second-order valence-corrected chi connectivity index (χ2v) is 5.06. The van der Waals surface area contributed by atoms with Gasteiger partial charge in [-0.05, 0) is 19.1 Å². The van der Waals surface area contributed by atoms with Gasteiger partial charge in [0.15, 0.2) is 12.3 Å². The normalized spacial score (nSPS) is 29.7. The Labute approximate surface area is 118 Å². The molecular formula is C12H14F4N4O. The second kappa shape index (κ2) is 4.74. The molecule has 0 unspecified atom stereocenters. The van der Waals surface area contributed by atoms with E-state index in [1.807, 2.05) is 0 Å². The van der Waals surface area contributed by atoms with E-state index in [0.29, 0.717) is 6.92 Å². The number of anilines is 1. The number of rotatable bonds is 2. The van der Waals surface area contributed by atoms with E-state index in [0.717, 1.165) is 19.1 Å². The largest absolute Gasteiger partial charge is 0.452 e. The van der Waals surface area contributed by atoms with Crippen molar-refractivity contribution in [3.63, 3.8) is 0 Å². The summed E-state index contributed by atoms with van der Waals surface area (Å²) >= 11 is 0. The van der Waals surface area contributed by atoms with Crippen molar-refractivity contribution in [1.29, 1.82) is 0 Å². The fraction of sp³-hybridized carbons (Fsp3) is 0.500. The first-order valence-electron chi connectivity index (χ1n) is 6.02. The number of hydrogen-bond acceptors (Lipinski definition) is 5. The maximum absolute atomic E-state index is 14.5. The highest BCUT2D eigenvalue weighted by Crippen LogP contribution is 2.41. The highest BCUT2D eigenvalue weighted by molar-refractivity contribution is 5.73. The van der Waals surface area contributed by atoms with Gasteiger partial charge in [-0.1, -0.05) is 0 Å². The molecule has 4 N–H and O–H groups in total. The molecule has 116 valence electrons. The van der Waals surface area contributed by atoms with E-state index in [-0.39, 0.29) is 5.82 Å². The molecule has 3 atom stereocenters. The van der Waals surface area contributed by atoms with Gasteiger partial charge < -0.3 is 16.2 Å². The van der Waals surface area contributed by atoms with Crippen LogP contribution in [0.15, 0.2) is 17.1 Å². The molecule has 0 bridgehead atoms. The molecule has 0 aromatic carbocycles. The van der Waals surface area contributed by atoms with E-state index in [1.165, 1.54) is 0 Å². The third kappa shape index (κ3) is 2.59. The van der Waals surface area contributed by atoms with Crippen LogP contribution in [0.4, 0.5) is 23.4 Å². The summed E-state index contributed by atoms with van der Waals surface area (Å²) < 4.78 is 59.9. The van der Waals surface area contributed by atoms with Gasteiger partial charge in [-0.15, -0.1) is 0 Å². The number of hydrogen-bond donors (Lipinski definition) is 2. The van der Waals surface area contributed by atoms with Crippen LogP contribution in [0.3, 0.4) is 0 Å². The Balaban J connectivity index is 2.58. The standard InChI is InChI=1S/C12H14F4N4O/c1-11(8-5(13)3-4-6(17)19-8)7(14)9(12(2,15)16)21-10(18)20-11/h3-4,7,9H,1-2H3,(H2,17,19)(H2,18,20)/t7-,9-,11-/m0/s1. The minimum absolute atomic E-state index is 0.0973. The van der Waals surface area contributed by atoms with Crippen molar-refractivity contribution in [3.05, 3.63) is 23.6 Å². The maximum atomic E-state index is 14.5. The zero-order chi connectivity index (χ0) is 16.0. The molecule has 1 aliphatic heterocycles. The molecule has 1 aliphatic rings. The summed E-state index contributed by atoms with van der Waals surface area (Å²) in [7, 11) is 0. The number of nitrogen functional groups attached to an aromatic ring is 1. The van der Waals surface area contributed by atoms with Crippen molar-refractivity contribution in [2.24, 2.45) is 10.7 Å². The van der Waals surface area contributed by atoms with Crippen molar-refractivity contribution < 1.29 is 22.3 Å². The topological polar surface area (TPSA) is 86.5 Å². The van der Waals surface area contributed by atoms with Crippen LogP contribution in [0.2, 0.25) is 0 Å². The van der Waals surface area contributed by atoms with Gasteiger partial charge in [-0.2, -0.15) is 0 Å². The van der Waals surface area contributed by atoms with Crippen molar-refractivity contribution in [1.82, 2.24) is 4.98 Å². The third-order valence-corrected chi connectivity index (χ3v) is 3.24. The SMILES string of the molecule is CC(F)(F)[C@H]1OC(N)=N[C@](C)(c2nc(N)ccc2F)[C@H]1F. The molecule has 0 saturated heterocycles. The minimum atomic E-state index is -3.54. The Bertz CT molecular complexity index is 589. The average Bonchev–Trinajstić information content (AvgIpc) is 2.35. The van der Waals surface area contributed by atoms with E-state index in [2.05, 4.69) is 14.7 Å². The molecule has 0 radical (unpaired) electrons. The fourth-order valence-electron chi connectivity index (χ4n) is 2.16. The molecule has 21 heavy (non-hydrogen) atoms. The van der Waals surface area contributed by atoms with Gasteiger partial charge in [-0.3, -0.25) is 0 Å². The van der Waals surface area contributed by atoms with Crippen molar-refractivity contribution >= 4 is 11.8 Å². The average molecular weight is 306 g/mol. The molecule has 0 spiro atoms. The zero-order valence-corrected chi connectivity index (χ0v) is 11.3. The van der Waals surface area contributed by atoms with E-state index in [1.54, 1.807) is 0 Å². The summed E-state index contributed by atoms with van der Waals surface area (Å²) in [6.07, 6.45) is -4.57. The molecule has 2 heterocycles. The van der Waals surface area contributed by atoms with Crippen LogP contribution in [0.1, 0.15) is 19.5 Å². The van der Waals surface area contributed by atoms with Gasteiger partial charge in [0, 0.05) is 6.92 Å². The van der Waals surface area contributed by atoms with Gasteiger partial charge in [0.2, 0.25) is 0 Å². The smallest absolute Gasteiger partial charge is 0.284 e. The Morgan fingerprint density at radius 1 is 1.33 bits per heavy atom. The summed E-state index contributed by atoms with van der Waals surface area (Å²) in [5.41, 5.74) is 8.20. The minimum Gasteiger partial charge on any atom is -0.452 e. The Morgan fingerprint density at radius 3 is 2.52 bits per heavy atom. The first kappa shape index (κ1) is 15.3. The number of amidine groups is 1. The van der Waals surface area contributed by atoms with Gasteiger partial charge >= 0.3 is 0 Å². The Hall–Kier alpha value is -2.06. The number of ether oxygens (including phenoxy) is 1. The number of nitrogens with zero attached hydrogens (tertiary/aromatic N) is 2. The number of aliphatic imine (C=N–C) groups is 1. The number of pyridine rings is 1. The predicted octanol–water partition coefficient (Wildman–Crippen LogP) is 1.72. The predicted molar refractivity (Wildman–Crippen MR) is 68.0 cm³/mol. The first-order chi connectivity index (χ1) is 9.55. The fourth-order valence-corrected chi connectivity index (χ4v) is 2.16.